The number of nitrogens with one attached hydrogen (secondary N) is 1. The van der Waals surface area contributed by atoms with E-state index in [1.165, 1.54) is 16.2 Å². The van der Waals surface area contributed by atoms with E-state index in [4.69, 9.17) is 11.6 Å². The highest BCUT2D eigenvalue weighted by atomic mass is 35.5. The molecule has 1 aliphatic heterocycles. The van der Waals surface area contributed by atoms with Crippen LogP contribution < -0.4 is 5.32 Å². The Morgan fingerprint density at radius 1 is 1.11 bits per heavy atom. The molecular formula is C17H13ClN6O2S. The van der Waals surface area contributed by atoms with E-state index in [1.54, 1.807) is 30.3 Å². The van der Waals surface area contributed by atoms with E-state index in [2.05, 4.69) is 25.5 Å². The molecule has 1 N–H and O–H groups in total. The van der Waals surface area contributed by atoms with Gasteiger partial charge in [-0.1, -0.05) is 42.0 Å². The third-order valence-electron chi connectivity index (χ3n) is 3.93. The van der Waals surface area contributed by atoms with E-state index in [9.17, 15) is 9.59 Å². The van der Waals surface area contributed by atoms with Crippen molar-refractivity contribution in [3.05, 3.63) is 57.4 Å². The van der Waals surface area contributed by atoms with Gasteiger partial charge >= 0.3 is 0 Å². The summed E-state index contributed by atoms with van der Waals surface area (Å²) in [4.78, 5) is 34.5. The van der Waals surface area contributed by atoms with Crippen LogP contribution in [0.2, 0.25) is 5.15 Å². The Bertz CT molecular complexity index is 1020. The molecular weight excluding hydrogens is 388 g/mol. The predicted octanol–water partition coefficient (Wildman–Crippen LogP) is 3.08. The highest BCUT2D eigenvalue weighted by molar-refractivity contribution is 7.15. The predicted molar refractivity (Wildman–Crippen MR) is 100 cm³/mol. The van der Waals surface area contributed by atoms with Gasteiger partial charge in [-0.15, -0.1) is 10.2 Å². The van der Waals surface area contributed by atoms with Crippen molar-refractivity contribution in [3.8, 4) is 0 Å². The summed E-state index contributed by atoms with van der Waals surface area (Å²) in [7, 11) is 0. The van der Waals surface area contributed by atoms with Crippen LogP contribution in [0.15, 0.2) is 30.3 Å². The molecule has 3 aromatic rings. The monoisotopic (exact) mass is 400 g/mol. The molecule has 8 nitrogen and oxygen atoms in total. The fourth-order valence-corrected chi connectivity index (χ4v) is 3.62. The van der Waals surface area contributed by atoms with Crippen molar-refractivity contribution >= 4 is 45.7 Å². The summed E-state index contributed by atoms with van der Waals surface area (Å²) < 4.78 is 0. The molecule has 0 saturated carbocycles. The van der Waals surface area contributed by atoms with Crippen molar-refractivity contribution in [2.24, 2.45) is 0 Å². The van der Waals surface area contributed by atoms with Crippen LogP contribution in [-0.4, -0.2) is 36.9 Å². The molecule has 0 bridgehead atoms. The molecule has 2 aromatic heterocycles. The number of amides is 2. The lowest BCUT2D eigenvalue weighted by Crippen LogP contribution is -2.29. The van der Waals surface area contributed by atoms with E-state index in [0.717, 1.165) is 0 Å². The van der Waals surface area contributed by atoms with Crippen LogP contribution in [0.25, 0.3) is 0 Å². The molecule has 0 fully saturated rings. The molecule has 0 radical (unpaired) electrons. The molecule has 4 rings (SSSR count). The van der Waals surface area contributed by atoms with Crippen LogP contribution in [0.5, 0.6) is 0 Å². The molecule has 3 heterocycles. The van der Waals surface area contributed by atoms with Crippen molar-refractivity contribution in [2.45, 2.75) is 19.9 Å². The van der Waals surface area contributed by atoms with Gasteiger partial charge in [0, 0.05) is 12.5 Å². The van der Waals surface area contributed by atoms with Gasteiger partial charge in [0.25, 0.3) is 11.8 Å². The van der Waals surface area contributed by atoms with Crippen molar-refractivity contribution in [1.82, 2.24) is 25.1 Å². The number of hydrogen-bond donors (Lipinski definition) is 1. The van der Waals surface area contributed by atoms with Crippen LogP contribution >= 0.6 is 22.9 Å². The zero-order valence-corrected chi connectivity index (χ0v) is 15.7. The van der Waals surface area contributed by atoms with E-state index in [0.29, 0.717) is 44.5 Å². The van der Waals surface area contributed by atoms with Gasteiger partial charge in [0.1, 0.15) is 21.8 Å². The molecule has 27 heavy (non-hydrogen) atoms. The topological polar surface area (TPSA) is 101 Å². The molecule has 0 spiro atoms. The number of rotatable bonds is 5. The molecule has 10 heteroatoms. The minimum atomic E-state index is -0.324. The molecule has 1 aromatic carbocycles. The summed E-state index contributed by atoms with van der Waals surface area (Å²) in [5.74, 6) is 0.474. The highest BCUT2D eigenvalue weighted by Gasteiger charge is 2.35. The first-order valence-corrected chi connectivity index (χ1v) is 9.32. The zero-order valence-electron chi connectivity index (χ0n) is 14.1. The number of carbonyl (C=O) groups is 2. The molecule has 0 aliphatic carbocycles. The number of imide groups is 1. The van der Waals surface area contributed by atoms with Crippen LogP contribution in [0.4, 0.5) is 10.9 Å². The second-order valence-electron chi connectivity index (χ2n) is 5.71. The van der Waals surface area contributed by atoms with Crippen LogP contribution in [-0.2, 0) is 13.0 Å². The van der Waals surface area contributed by atoms with Gasteiger partial charge in [-0.05, 0) is 12.1 Å². The highest BCUT2D eigenvalue weighted by Crippen LogP contribution is 2.27. The quantitative estimate of drug-likeness (QED) is 0.518. The Morgan fingerprint density at radius 2 is 1.81 bits per heavy atom. The number of fused-ring (bicyclic) bond motifs is 1. The van der Waals surface area contributed by atoms with Gasteiger partial charge in [-0.3, -0.25) is 14.5 Å². The average Bonchev–Trinajstić information content (AvgIpc) is 3.20. The smallest absolute Gasteiger partial charge is 0.261 e. The van der Waals surface area contributed by atoms with Crippen LogP contribution in [0, 0.1) is 0 Å². The number of aromatic nitrogens is 4. The number of hydrogen-bond acceptors (Lipinski definition) is 8. The molecule has 0 unspecified atom stereocenters. The van der Waals surface area contributed by atoms with Gasteiger partial charge in [-0.2, -0.15) is 0 Å². The Labute approximate surface area is 163 Å². The van der Waals surface area contributed by atoms with Crippen molar-refractivity contribution in [1.29, 1.82) is 0 Å². The van der Waals surface area contributed by atoms with Crippen molar-refractivity contribution < 1.29 is 9.59 Å². The van der Waals surface area contributed by atoms with Crippen LogP contribution in [0.1, 0.15) is 38.5 Å². The zero-order chi connectivity index (χ0) is 19.0. The largest absolute Gasteiger partial charge is 0.315 e. The number of carbonyl (C=O) groups excluding carboxylic acids is 2. The molecule has 1 aliphatic rings. The van der Waals surface area contributed by atoms with Gasteiger partial charge < -0.3 is 5.32 Å². The number of aryl methyl sites for hydroxylation is 1. The minimum Gasteiger partial charge on any atom is -0.315 e. The summed E-state index contributed by atoms with van der Waals surface area (Å²) in [6.45, 7) is 2.00. The number of anilines is 2. The van der Waals surface area contributed by atoms with Crippen molar-refractivity contribution in [2.75, 3.05) is 5.32 Å². The summed E-state index contributed by atoms with van der Waals surface area (Å²) >= 11 is 7.22. The van der Waals surface area contributed by atoms with Gasteiger partial charge in [0.15, 0.2) is 0 Å². The first kappa shape index (κ1) is 17.5. The van der Waals surface area contributed by atoms with Gasteiger partial charge in [-0.25, -0.2) is 9.97 Å². The Kier molecular flexibility index (Phi) is 4.54. The maximum absolute atomic E-state index is 12.4. The SMILES string of the molecule is CCc1nc(Cl)cc(Nc2nnc(CN3C(=O)c4ccccc4C3=O)s2)n1. The summed E-state index contributed by atoms with van der Waals surface area (Å²) in [5, 5.41) is 12.5. The summed E-state index contributed by atoms with van der Waals surface area (Å²) in [6.07, 6.45) is 0.649. The Balaban J connectivity index is 1.50. The van der Waals surface area contributed by atoms with Crippen molar-refractivity contribution in [3.63, 3.8) is 0 Å². The fraction of sp³-hybridized carbons (Fsp3) is 0.176. The second-order valence-corrected chi connectivity index (χ2v) is 7.16. The Morgan fingerprint density at radius 3 is 2.48 bits per heavy atom. The summed E-state index contributed by atoms with van der Waals surface area (Å²) in [6, 6.07) is 8.35. The maximum atomic E-state index is 12.4. The van der Waals surface area contributed by atoms with Crippen LogP contribution in [0.3, 0.4) is 0 Å². The lowest BCUT2D eigenvalue weighted by atomic mass is 10.1. The van der Waals surface area contributed by atoms with E-state index >= 15 is 0 Å². The van der Waals surface area contributed by atoms with E-state index < -0.39 is 0 Å². The van der Waals surface area contributed by atoms with E-state index in [1.807, 2.05) is 6.92 Å². The Hall–Kier alpha value is -2.91. The van der Waals surface area contributed by atoms with E-state index in [-0.39, 0.29) is 18.4 Å². The fourth-order valence-electron chi connectivity index (χ4n) is 2.68. The lowest BCUT2D eigenvalue weighted by Gasteiger charge is -2.10. The third-order valence-corrected chi connectivity index (χ3v) is 4.95. The molecule has 0 atom stereocenters. The lowest BCUT2D eigenvalue weighted by molar-refractivity contribution is 0.0642. The third kappa shape index (κ3) is 3.38. The van der Waals surface area contributed by atoms with Gasteiger partial charge in [0.05, 0.1) is 17.7 Å². The normalized spacial score (nSPS) is 13.2. The number of benzene rings is 1. The molecule has 0 saturated heterocycles. The number of nitrogens with zero attached hydrogens (tertiary/aromatic N) is 5. The minimum absolute atomic E-state index is 0.0659. The molecule has 136 valence electrons. The summed E-state index contributed by atoms with van der Waals surface area (Å²) in [5.41, 5.74) is 0.821. The first-order valence-electron chi connectivity index (χ1n) is 8.13. The first-order chi connectivity index (χ1) is 13.0. The average molecular weight is 401 g/mol. The van der Waals surface area contributed by atoms with Gasteiger partial charge in [0.2, 0.25) is 5.13 Å². The molecule has 2 amide bonds. The maximum Gasteiger partial charge on any atom is 0.261 e. The number of halogens is 1. The standard InChI is InChI=1S/C17H13ClN6O2S/c1-2-12-19-11(18)7-13(20-12)21-17-23-22-14(27-17)8-24-15(25)9-5-3-4-6-10(9)16(24)26/h3-7H,2,8H2,1H3,(H,19,20,21,23). The second kappa shape index (κ2) is 7.01.